The molecule has 0 heterocycles. The summed E-state index contributed by atoms with van der Waals surface area (Å²) >= 11 is 0. The standard InChI is InChI=1S/C7H7F.C2H3F3O.C2H6/c1-6-4-2-3-5-7(6)8;1-6-2(3,4)5;1-2/h2-5H,1H3;1H3;1-2H3. The van der Waals surface area contributed by atoms with Crippen LogP contribution in [0.25, 0.3) is 0 Å². The lowest BCUT2D eigenvalue weighted by Crippen LogP contribution is -2.08. The fourth-order valence-electron chi connectivity index (χ4n) is 0.551. The highest BCUT2D eigenvalue weighted by atomic mass is 19.4. The van der Waals surface area contributed by atoms with Crippen LogP contribution >= 0.6 is 0 Å². The van der Waals surface area contributed by atoms with E-state index >= 15 is 0 Å². The van der Waals surface area contributed by atoms with Crippen LogP contribution in [0.5, 0.6) is 0 Å². The van der Waals surface area contributed by atoms with Crippen molar-refractivity contribution in [2.24, 2.45) is 0 Å². The summed E-state index contributed by atoms with van der Waals surface area (Å²) in [6.45, 7) is 5.75. The molecule has 0 fully saturated rings. The van der Waals surface area contributed by atoms with Gasteiger partial charge in [0.25, 0.3) is 0 Å². The Kier molecular flexibility index (Phi) is 9.89. The Labute approximate surface area is 93.0 Å². The molecule has 5 heteroatoms. The van der Waals surface area contributed by atoms with Crippen LogP contribution in [0.1, 0.15) is 19.4 Å². The first-order valence-electron chi connectivity index (χ1n) is 4.70. The van der Waals surface area contributed by atoms with Crippen molar-refractivity contribution in [3.05, 3.63) is 35.6 Å². The molecule has 0 unspecified atom stereocenters. The first kappa shape index (κ1) is 17.3. The number of aryl methyl sites for hydroxylation is 1. The molecule has 0 atom stereocenters. The topological polar surface area (TPSA) is 9.23 Å². The number of ether oxygens (including phenoxy) is 1. The van der Waals surface area contributed by atoms with E-state index in [1.165, 1.54) is 6.07 Å². The first-order chi connectivity index (χ1) is 7.37. The van der Waals surface area contributed by atoms with E-state index < -0.39 is 6.36 Å². The Morgan fingerprint density at radius 3 is 1.62 bits per heavy atom. The van der Waals surface area contributed by atoms with Crippen LogP contribution in [0.3, 0.4) is 0 Å². The van der Waals surface area contributed by atoms with Crippen LogP contribution in [-0.4, -0.2) is 13.5 Å². The third kappa shape index (κ3) is 11.0. The summed E-state index contributed by atoms with van der Waals surface area (Å²) in [5.74, 6) is -0.132. The summed E-state index contributed by atoms with van der Waals surface area (Å²) in [4.78, 5) is 0. The highest BCUT2D eigenvalue weighted by Crippen LogP contribution is 2.13. The average molecular weight is 240 g/mol. The van der Waals surface area contributed by atoms with E-state index in [1.807, 2.05) is 19.9 Å². The molecule has 0 saturated heterocycles. The SMILES string of the molecule is CC.COC(F)(F)F.Cc1ccccc1F. The highest BCUT2D eigenvalue weighted by molar-refractivity contribution is 5.14. The molecular formula is C11H16F4O. The van der Waals surface area contributed by atoms with Crippen molar-refractivity contribution in [2.45, 2.75) is 27.1 Å². The van der Waals surface area contributed by atoms with Gasteiger partial charge in [-0.25, -0.2) is 4.39 Å². The minimum Gasteiger partial charge on any atom is -0.295 e. The van der Waals surface area contributed by atoms with Crippen molar-refractivity contribution in [1.29, 1.82) is 0 Å². The van der Waals surface area contributed by atoms with Crippen molar-refractivity contribution in [1.82, 2.24) is 0 Å². The molecule has 1 nitrogen and oxygen atoms in total. The molecule has 0 amide bonds. The monoisotopic (exact) mass is 240 g/mol. The second-order valence-corrected chi connectivity index (χ2v) is 2.40. The zero-order valence-electron chi connectivity index (χ0n) is 9.73. The van der Waals surface area contributed by atoms with Gasteiger partial charge in [-0.3, -0.25) is 4.74 Å². The Morgan fingerprint density at radius 2 is 1.44 bits per heavy atom. The Bertz CT molecular complexity index is 250. The Morgan fingerprint density at radius 1 is 1.06 bits per heavy atom. The fourth-order valence-corrected chi connectivity index (χ4v) is 0.551. The van der Waals surface area contributed by atoms with Crippen molar-refractivity contribution in [2.75, 3.05) is 7.11 Å². The lowest BCUT2D eigenvalue weighted by molar-refractivity contribution is -0.311. The number of halogens is 4. The minimum atomic E-state index is -4.46. The van der Waals surface area contributed by atoms with Crippen LogP contribution in [-0.2, 0) is 4.74 Å². The molecule has 94 valence electrons. The van der Waals surface area contributed by atoms with Gasteiger partial charge in [-0.2, -0.15) is 0 Å². The summed E-state index contributed by atoms with van der Waals surface area (Å²) in [7, 11) is 0.583. The van der Waals surface area contributed by atoms with Gasteiger partial charge in [-0.05, 0) is 18.6 Å². The third-order valence-electron chi connectivity index (χ3n) is 1.31. The van der Waals surface area contributed by atoms with Gasteiger partial charge < -0.3 is 0 Å². The van der Waals surface area contributed by atoms with E-state index in [9.17, 15) is 17.6 Å². The molecule has 1 aromatic carbocycles. The summed E-state index contributed by atoms with van der Waals surface area (Å²) in [5.41, 5.74) is 0.701. The zero-order valence-corrected chi connectivity index (χ0v) is 9.73. The number of alkyl halides is 3. The molecule has 0 aliphatic rings. The van der Waals surface area contributed by atoms with Crippen LogP contribution in [0, 0.1) is 12.7 Å². The Balaban J connectivity index is 0. The summed E-state index contributed by atoms with van der Waals surface area (Å²) in [6, 6.07) is 6.70. The van der Waals surface area contributed by atoms with Crippen LogP contribution in [0.2, 0.25) is 0 Å². The van der Waals surface area contributed by atoms with E-state index in [1.54, 1.807) is 19.1 Å². The maximum atomic E-state index is 12.3. The van der Waals surface area contributed by atoms with Gasteiger partial charge in [0.15, 0.2) is 0 Å². The molecule has 0 spiro atoms. The number of benzene rings is 1. The largest absolute Gasteiger partial charge is 0.522 e. The van der Waals surface area contributed by atoms with Gasteiger partial charge in [-0.1, -0.05) is 32.0 Å². The molecule has 0 bridgehead atoms. The molecular weight excluding hydrogens is 224 g/mol. The third-order valence-corrected chi connectivity index (χ3v) is 1.31. The maximum Gasteiger partial charge on any atom is 0.522 e. The molecule has 16 heavy (non-hydrogen) atoms. The quantitative estimate of drug-likeness (QED) is 0.614. The van der Waals surface area contributed by atoms with Crippen molar-refractivity contribution in [3.8, 4) is 0 Å². The van der Waals surface area contributed by atoms with Gasteiger partial charge >= 0.3 is 6.36 Å². The predicted octanol–water partition coefficient (Wildman–Crippen LogP) is 4.31. The van der Waals surface area contributed by atoms with E-state index in [0.717, 1.165) is 0 Å². The lowest BCUT2D eigenvalue weighted by Gasteiger charge is -1.97. The normalized spacial score (nSPS) is 9.50. The van der Waals surface area contributed by atoms with Gasteiger partial charge in [-0.15, -0.1) is 13.2 Å². The molecule has 0 aliphatic carbocycles. The molecule has 0 aromatic heterocycles. The molecule has 0 radical (unpaired) electrons. The zero-order chi connectivity index (χ0) is 13.2. The smallest absolute Gasteiger partial charge is 0.295 e. The van der Waals surface area contributed by atoms with Gasteiger partial charge in [0.05, 0.1) is 0 Å². The molecule has 0 N–H and O–H groups in total. The number of hydrogen-bond acceptors (Lipinski definition) is 1. The van der Waals surface area contributed by atoms with Crippen LogP contribution < -0.4 is 0 Å². The van der Waals surface area contributed by atoms with E-state index in [-0.39, 0.29) is 5.82 Å². The second-order valence-electron chi connectivity index (χ2n) is 2.40. The first-order valence-corrected chi connectivity index (χ1v) is 4.70. The molecule has 1 rings (SSSR count). The Hall–Kier alpha value is -1.10. The van der Waals surface area contributed by atoms with Crippen molar-refractivity contribution >= 4 is 0 Å². The van der Waals surface area contributed by atoms with Crippen molar-refractivity contribution in [3.63, 3.8) is 0 Å². The van der Waals surface area contributed by atoms with Gasteiger partial charge in [0.1, 0.15) is 5.82 Å². The number of methoxy groups -OCH3 is 1. The summed E-state index contributed by atoms with van der Waals surface area (Å²) in [6.07, 6.45) is -4.46. The van der Waals surface area contributed by atoms with Crippen molar-refractivity contribution < 1.29 is 22.3 Å². The molecule has 0 aliphatic heterocycles. The maximum absolute atomic E-state index is 12.3. The van der Waals surface area contributed by atoms with Gasteiger partial charge in [0.2, 0.25) is 0 Å². The van der Waals surface area contributed by atoms with Gasteiger partial charge in [0, 0.05) is 7.11 Å². The van der Waals surface area contributed by atoms with Crippen LogP contribution in [0.4, 0.5) is 17.6 Å². The van der Waals surface area contributed by atoms with Crippen LogP contribution in [0.15, 0.2) is 24.3 Å². The summed E-state index contributed by atoms with van der Waals surface area (Å²) < 4.78 is 46.9. The predicted molar refractivity (Wildman–Crippen MR) is 55.5 cm³/mol. The number of rotatable bonds is 0. The van der Waals surface area contributed by atoms with E-state index in [2.05, 4.69) is 4.74 Å². The van der Waals surface area contributed by atoms with E-state index in [0.29, 0.717) is 12.7 Å². The lowest BCUT2D eigenvalue weighted by atomic mass is 10.2. The summed E-state index contributed by atoms with van der Waals surface area (Å²) in [5, 5.41) is 0. The molecule has 0 saturated carbocycles. The fraction of sp³-hybridized carbons (Fsp3) is 0.455. The minimum absolute atomic E-state index is 0.132. The highest BCUT2D eigenvalue weighted by Gasteiger charge is 2.25. The van der Waals surface area contributed by atoms with E-state index in [4.69, 9.17) is 0 Å². The number of hydrogen-bond donors (Lipinski definition) is 0. The molecule has 1 aromatic rings. The average Bonchev–Trinajstić information content (AvgIpc) is 2.25. The second kappa shape index (κ2) is 9.15.